The molecule has 0 amide bonds. The summed E-state index contributed by atoms with van der Waals surface area (Å²) in [4.78, 5) is 0. The molecule has 0 aromatic carbocycles. The van der Waals surface area contributed by atoms with E-state index in [4.69, 9.17) is 5.73 Å². The second kappa shape index (κ2) is 4.75. The van der Waals surface area contributed by atoms with E-state index in [1.807, 2.05) is 0 Å². The van der Waals surface area contributed by atoms with Crippen molar-refractivity contribution in [3.8, 4) is 0 Å². The Hall–Kier alpha value is -1.32. The lowest BCUT2D eigenvalue weighted by Crippen LogP contribution is -2.44. The van der Waals surface area contributed by atoms with E-state index >= 15 is 0 Å². The van der Waals surface area contributed by atoms with Crippen molar-refractivity contribution in [2.45, 2.75) is 31.9 Å². The van der Waals surface area contributed by atoms with Crippen molar-refractivity contribution >= 4 is 0 Å². The van der Waals surface area contributed by atoms with Crippen molar-refractivity contribution in [2.75, 3.05) is 0 Å². The van der Waals surface area contributed by atoms with E-state index in [0.29, 0.717) is 0 Å². The minimum atomic E-state index is -5.49. The Morgan fingerprint density at radius 1 is 1.22 bits per heavy atom. The number of halogens is 6. The zero-order valence-corrected chi connectivity index (χ0v) is 9.13. The predicted molar refractivity (Wildman–Crippen MR) is 48.2 cm³/mol. The zero-order valence-electron chi connectivity index (χ0n) is 9.13. The van der Waals surface area contributed by atoms with Crippen LogP contribution in [-0.4, -0.2) is 27.3 Å². The fraction of sp³-hybridized carbons (Fsp3) is 0.750. The summed E-state index contributed by atoms with van der Waals surface area (Å²) in [7, 11) is 0. The van der Waals surface area contributed by atoms with Gasteiger partial charge in [0.05, 0.1) is 17.9 Å². The lowest BCUT2D eigenvalue weighted by molar-refractivity contribution is -0.290. The van der Waals surface area contributed by atoms with Gasteiger partial charge in [-0.15, -0.1) is 5.10 Å². The number of aryl methyl sites for hydroxylation is 1. The zero-order chi connectivity index (χ0) is 14.1. The number of hydrogen-bond acceptors (Lipinski definition) is 3. The first-order chi connectivity index (χ1) is 8.09. The average Bonchev–Trinajstić information content (AvgIpc) is 2.59. The molecule has 0 radical (unpaired) electrons. The highest BCUT2D eigenvalue weighted by Gasteiger charge is 2.60. The molecule has 4 nitrogen and oxygen atoms in total. The van der Waals surface area contributed by atoms with Gasteiger partial charge >= 0.3 is 12.4 Å². The molecule has 0 saturated carbocycles. The van der Waals surface area contributed by atoms with Crippen LogP contribution >= 0.6 is 0 Å². The monoisotopic (exact) mass is 276 g/mol. The van der Waals surface area contributed by atoms with Gasteiger partial charge in [0.25, 0.3) is 0 Å². The van der Waals surface area contributed by atoms with Crippen LogP contribution in [0.5, 0.6) is 0 Å². The number of aromatic nitrogens is 3. The largest absolute Gasteiger partial charge is 0.402 e. The van der Waals surface area contributed by atoms with Crippen molar-refractivity contribution in [1.82, 2.24) is 15.0 Å². The highest BCUT2D eigenvalue weighted by Crippen LogP contribution is 2.45. The molecule has 1 heterocycles. The molecule has 0 fully saturated rings. The molecular formula is C8H10F6N4. The molecule has 0 aliphatic carbocycles. The van der Waals surface area contributed by atoms with Crippen LogP contribution in [0.25, 0.3) is 0 Å². The standard InChI is InChI=1S/C8H10F6N4/c1-2-18-4(3-16-17-18)5(15)6(7(9,10)11)8(12,13)14/h3,5-6H,2,15H2,1H3. The van der Waals surface area contributed by atoms with E-state index < -0.39 is 30.0 Å². The molecule has 1 atom stereocenters. The van der Waals surface area contributed by atoms with Gasteiger partial charge < -0.3 is 5.73 Å². The predicted octanol–water partition coefficient (Wildman–Crippen LogP) is 2.04. The molecule has 1 unspecified atom stereocenters. The van der Waals surface area contributed by atoms with Crippen LogP contribution in [0, 0.1) is 5.92 Å². The summed E-state index contributed by atoms with van der Waals surface area (Å²) >= 11 is 0. The number of alkyl halides is 6. The molecule has 0 aliphatic heterocycles. The van der Waals surface area contributed by atoms with Crippen molar-refractivity contribution in [2.24, 2.45) is 11.7 Å². The third-order valence-electron chi connectivity index (χ3n) is 2.35. The van der Waals surface area contributed by atoms with Gasteiger partial charge in [0.2, 0.25) is 0 Å². The summed E-state index contributed by atoms with van der Waals surface area (Å²) in [6.07, 6.45) is -10.2. The first-order valence-electron chi connectivity index (χ1n) is 4.86. The Labute approximate surface area is 97.7 Å². The molecule has 0 saturated heterocycles. The molecule has 1 rings (SSSR count). The fourth-order valence-corrected chi connectivity index (χ4v) is 1.53. The quantitative estimate of drug-likeness (QED) is 0.859. The van der Waals surface area contributed by atoms with Crippen LogP contribution in [0.4, 0.5) is 26.3 Å². The molecule has 0 bridgehead atoms. The van der Waals surface area contributed by atoms with Gasteiger partial charge in [0, 0.05) is 6.54 Å². The number of nitrogens with two attached hydrogens (primary N) is 1. The maximum atomic E-state index is 12.4. The van der Waals surface area contributed by atoms with Crippen LogP contribution in [-0.2, 0) is 6.54 Å². The maximum absolute atomic E-state index is 12.4. The Balaban J connectivity index is 3.16. The van der Waals surface area contributed by atoms with E-state index in [0.717, 1.165) is 10.9 Å². The second-order valence-electron chi connectivity index (χ2n) is 3.56. The van der Waals surface area contributed by atoms with Gasteiger partial charge in [0.15, 0.2) is 5.92 Å². The summed E-state index contributed by atoms with van der Waals surface area (Å²) in [6.45, 7) is 1.58. The van der Waals surface area contributed by atoms with Gasteiger partial charge in [0.1, 0.15) is 0 Å². The van der Waals surface area contributed by atoms with Gasteiger partial charge in [-0.1, -0.05) is 5.21 Å². The van der Waals surface area contributed by atoms with E-state index in [2.05, 4.69) is 10.3 Å². The summed E-state index contributed by atoms with van der Waals surface area (Å²) in [5.74, 6) is -3.64. The Kier molecular flexibility index (Phi) is 3.89. The summed E-state index contributed by atoms with van der Waals surface area (Å²) < 4.78 is 75.6. The number of nitrogens with zero attached hydrogens (tertiary/aromatic N) is 3. The molecule has 0 spiro atoms. The molecule has 18 heavy (non-hydrogen) atoms. The van der Waals surface area contributed by atoms with E-state index in [1.54, 1.807) is 0 Å². The topological polar surface area (TPSA) is 56.7 Å². The van der Waals surface area contributed by atoms with Crippen molar-refractivity contribution in [1.29, 1.82) is 0 Å². The summed E-state index contributed by atoms with van der Waals surface area (Å²) in [5.41, 5.74) is 4.69. The van der Waals surface area contributed by atoms with Crippen LogP contribution in [0.15, 0.2) is 6.20 Å². The van der Waals surface area contributed by atoms with Crippen LogP contribution < -0.4 is 5.73 Å². The second-order valence-corrected chi connectivity index (χ2v) is 3.56. The first kappa shape index (κ1) is 14.7. The highest BCUT2D eigenvalue weighted by atomic mass is 19.4. The van der Waals surface area contributed by atoms with Crippen LogP contribution in [0.2, 0.25) is 0 Å². The van der Waals surface area contributed by atoms with Gasteiger partial charge in [-0.3, -0.25) is 0 Å². The lowest BCUT2D eigenvalue weighted by atomic mass is 9.96. The van der Waals surface area contributed by atoms with Crippen LogP contribution in [0.1, 0.15) is 18.7 Å². The Morgan fingerprint density at radius 3 is 2.11 bits per heavy atom. The van der Waals surface area contributed by atoms with Crippen molar-refractivity contribution < 1.29 is 26.3 Å². The first-order valence-corrected chi connectivity index (χ1v) is 4.86. The molecule has 1 aromatic rings. The molecular weight excluding hydrogens is 266 g/mol. The van der Waals surface area contributed by atoms with Gasteiger partial charge in [-0.2, -0.15) is 26.3 Å². The van der Waals surface area contributed by atoms with E-state index in [-0.39, 0.29) is 6.54 Å². The fourth-order valence-electron chi connectivity index (χ4n) is 1.53. The third kappa shape index (κ3) is 2.92. The number of rotatable bonds is 3. The SMILES string of the molecule is CCn1nncc1C(N)C(C(F)(F)F)C(F)(F)F. The molecule has 104 valence electrons. The third-order valence-corrected chi connectivity index (χ3v) is 2.35. The Bertz CT molecular complexity index is 381. The highest BCUT2D eigenvalue weighted by molar-refractivity contribution is 5.06. The normalized spacial score (nSPS) is 15.2. The van der Waals surface area contributed by atoms with Gasteiger partial charge in [-0.05, 0) is 6.92 Å². The minimum absolute atomic E-state index is 0.0749. The molecule has 1 aromatic heterocycles. The summed E-state index contributed by atoms with van der Waals surface area (Å²) in [6, 6.07) is -2.29. The van der Waals surface area contributed by atoms with Crippen LogP contribution in [0.3, 0.4) is 0 Å². The number of hydrogen-bond donors (Lipinski definition) is 1. The molecule has 0 aliphatic rings. The smallest absolute Gasteiger partial charge is 0.322 e. The molecule has 10 heteroatoms. The van der Waals surface area contributed by atoms with E-state index in [1.165, 1.54) is 6.92 Å². The molecule has 2 N–H and O–H groups in total. The summed E-state index contributed by atoms with van der Waals surface area (Å²) in [5, 5.41) is 6.61. The van der Waals surface area contributed by atoms with Crippen molar-refractivity contribution in [3.63, 3.8) is 0 Å². The van der Waals surface area contributed by atoms with Crippen molar-refractivity contribution in [3.05, 3.63) is 11.9 Å². The lowest BCUT2D eigenvalue weighted by Gasteiger charge is -2.28. The average molecular weight is 276 g/mol. The van der Waals surface area contributed by atoms with Gasteiger partial charge in [-0.25, -0.2) is 4.68 Å². The Morgan fingerprint density at radius 2 is 1.72 bits per heavy atom. The maximum Gasteiger partial charge on any atom is 0.402 e. The minimum Gasteiger partial charge on any atom is -0.322 e. The van der Waals surface area contributed by atoms with E-state index in [9.17, 15) is 26.3 Å².